The Balaban J connectivity index is 1.43. The lowest BCUT2D eigenvalue weighted by atomic mass is 9.50. The summed E-state index contributed by atoms with van der Waals surface area (Å²) in [4.78, 5) is 5.93. The molecule has 0 radical (unpaired) electrons. The maximum Gasteiger partial charge on any atom is 0.162 e. The lowest BCUT2D eigenvalue weighted by Gasteiger charge is -2.61. The highest BCUT2D eigenvalue weighted by molar-refractivity contribution is 6.35. The molecule has 2 aromatic heterocycles. The van der Waals surface area contributed by atoms with Gasteiger partial charge in [-0.2, -0.15) is 4.80 Å². The predicted molar refractivity (Wildman–Crippen MR) is 94.3 cm³/mol. The summed E-state index contributed by atoms with van der Waals surface area (Å²) in [6, 6.07) is 0. The zero-order valence-electron chi connectivity index (χ0n) is 13.8. The maximum atomic E-state index is 6.31. The van der Waals surface area contributed by atoms with Crippen LogP contribution in [0.15, 0.2) is 18.7 Å². The third kappa shape index (κ3) is 2.57. The standard InChI is InChI=1S/C17H20Cl2N6/c18-14-7-20-8-15(19)13(14)6-21-16-2-11-1-12(3-16)5-17(4-11,9-16)25-23-10-22-24-25/h7-8,10-12,21H,1-6,9H2. The van der Waals surface area contributed by atoms with Crippen LogP contribution in [0.1, 0.15) is 44.1 Å². The van der Waals surface area contributed by atoms with Crippen LogP contribution in [0.4, 0.5) is 0 Å². The number of aromatic nitrogens is 5. The average Bonchev–Trinajstić information content (AvgIpc) is 3.08. The van der Waals surface area contributed by atoms with Crippen molar-refractivity contribution in [3.05, 3.63) is 34.3 Å². The highest BCUT2D eigenvalue weighted by Crippen LogP contribution is 2.60. The summed E-state index contributed by atoms with van der Waals surface area (Å²) in [5.74, 6) is 1.45. The lowest BCUT2D eigenvalue weighted by molar-refractivity contribution is -0.0853. The van der Waals surface area contributed by atoms with Crippen molar-refractivity contribution in [1.82, 2.24) is 30.5 Å². The molecule has 6 rings (SSSR count). The van der Waals surface area contributed by atoms with Gasteiger partial charge in [-0.05, 0) is 55.6 Å². The first kappa shape index (κ1) is 16.0. The van der Waals surface area contributed by atoms with Crippen LogP contribution in [-0.4, -0.2) is 30.7 Å². The van der Waals surface area contributed by atoms with Crippen molar-refractivity contribution in [3.63, 3.8) is 0 Å². The molecule has 0 spiro atoms. The lowest BCUT2D eigenvalue weighted by Crippen LogP contribution is -2.65. The SMILES string of the molecule is Clc1cncc(Cl)c1CNC12CC3CC(C1)CC(n1ncnn1)(C3)C2. The molecule has 4 bridgehead atoms. The largest absolute Gasteiger partial charge is 0.307 e. The summed E-state index contributed by atoms with van der Waals surface area (Å²) < 4.78 is 0. The minimum atomic E-state index is 0.0133. The van der Waals surface area contributed by atoms with Crippen molar-refractivity contribution < 1.29 is 0 Å². The van der Waals surface area contributed by atoms with E-state index in [1.54, 1.807) is 18.7 Å². The predicted octanol–water partition coefficient (Wildman–Crippen LogP) is 3.21. The van der Waals surface area contributed by atoms with Crippen molar-refractivity contribution in [2.24, 2.45) is 11.8 Å². The van der Waals surface area contributed by atoms with E-state index < -0.39 is 0 Å². The molecular weight excluding hydrogens is 359 g/mol. The molecule has 132 valence electrons. The number of halogens is 2. The first-order chi connectivity index (χ1) is 12.1. The average molecular weight is 379 g/mol. The van der Waals surface area contributed by atoms with Crippen LogP contribution in [0.2, 0.25) is 10.0 Å². The number of nitrogens with zero attached hydrogens (tertiary/aromatic N) is 5. The fourth-order valence-corrected chi connectivity index (χ4v) is 6.42. The van der Waals surface area contributed by atoms with Gasteiger partial charge in [0.15, 0.2) is 6.33 Å². The van der Waals surface area contributed by atoms with E-state index in [2.05, 4.69) is 25.7 Å². The van der Waals surface area contributed by atoms with E-state index in [1.807, 2.05) is 4.80 Å². The zero-order valence-corrected chi connectivity index (χ0v) is 15.3. The van der Waals surface area contributed by atoms with E-state index in [1.165, 1.54) is 32.1 Å². The molecule has 4 aliphatic carbocycles. The molecule has 4 aliphatic rings. The number of hydrogen-bond acceptors (Lipinski definition) is 5. The van der Waals surface area contributed by atoms with Gasteiger partial charge in [0.1, 0.15) is 0 Å². The molecule has 4 fully saturated rings. The normalized spacial score (nSPS) is 36.1. The monoisotopic (exact) mass is 378 g/mol. The van der Waals surface area contributed by atoms with Crippen LogP contribution in [0, 0.1) is 11.8 Å². The van der Waals surface area contributed by atoms with Gasteiger partial charge >= 0.3 is 0 Å². The van der Waals surface area contributed by atoms with Gasteiger partial charge in [-0.25, -0.2) is 0 Å². The molecule has 2 unspecified atom stereocenters. The fraction of sp³-hybridized carbons (Fsp3) is 0.647. The minimum absolute atomic E-state index is 0.0133. The van der Waals surface area contributed by atoms with Crippen LogP contribution in [0.3, 0.4) is 0 Å². The van der Waals surface area contributed by atoms with Crippen molar-refractivity contribution in [2.75, 3.05) is 0 Å². The van der Waals surface area contributed by atoms with E-state index in [9.17, 15) is 0 Å². The summed E-state index contributed by atoms with van der Waals surface area (Å²) in [5.41, 5.74) is 1.05. The molecule has 4 saturated carbocycles. The van der Waals surface area contributed by atoms with E-state index in [0.717, 1.165) is 23.8 Å². The summed E-state index contributed by atoms with van der Waals surface area (Å²) in [5, 5.41) is 17.7. The van der Waals surface area contributed by atoms with Crippen molar-refractivity contribution in [1.29, 1.82) is 0 Å². The second-order valence-corrected chi connectivity index (χ2v) is 8.94. The molecule has 0 aliphatic heterocycles. The van der Waals surface area contributed by atoms with Gasteiger partial charge in [0.05, 0.1) is 15.6 Å². The van der Waals surface area contributed by atoms with Gasteiger partial charge < -0.3 is 5.32 Å². The zero-order chi connectivity index (χ0) is 17.1. The number of pyridine rings is 1. The molecule has 6 nitrogen and oxygen atoms in total. The Morgan fingerprint density at radius 2 is 1.84 bits per heavy atom. The first-order valence-electron chi connectivity index (χ1n) is 8.84. The number of nitrogens with one attached hydrogen (secondary N) is 1. The van der Waals surface area contributed by atoms with E-state index in [0.29, 0.717) is 16.6 Å². The Labute approximate surface area is 156 Å². The van der Waals surface area contributed by atoms with Crippen LogP contribution in [-0.2, 0) is 12.1 Å². The number of hydrogen-bond donors (Lipinski definition) is 1. The Bertz CT molecular complexity index is 758. The molecular formula is C17H20Cl2N6. The summed E-state index contributed by atoms with van der Waals surface area (Å²) in [6.07, 6.45) is 12.0. The Morgan fingerprint density at radius 1 is 1.12 bits per heavy atom. The van der Waals surface area contributed by atoms with Gasteiger partial charge in [0, 0.05) is 30.0 Å². The molecule has 1 N–H and O–H groups in total. The topological polar surface area (TPSA) is 68.5 Å². The van der Waals surface area contributed by atoms with E-state index >= 15 is 0 Å². The summed E-state index contributed by atoms with van der Waals surface area (Å²) in [7, 11) is 0. The Morgan fingerprint density at radius 3 is 2.48 bits per heavy atom. The quantitative estimate of drug-likeness (QED) is 0.884. The summed E-state index contributed by atoms with van der Waals surface area (Å²) >= 11 is 12.6. The molecule has 0 amide bonds. The third-order valence-electron chi connectivity index (χ3n) is 6.40. The maximum absolute atomic E-state index is 6.31. The number of tetrazole rings is 1. The van der Waals surface area contributed by atoms with E-state index in [-0.39, 0.29) is 11.1 Å². The van der Waals surface area contributed by atoms with Crippen LogP contribution >= 0.6 is 23.2 Å². The van der Waals surface area contributed by atoms with Crippen LogP contribution < -0.4 is 5.32 Å². The third-order valence-corrected chi connectivity index (χ3v) is 7.05. The molecule has 25 heavy (non-hydrogen) atoms. The van der Waals surface area contributed by atoms with Crippen LogP contribution in [0.5, 0.6) is 0 Å². The molecule has 2 atom stereocenters. The molecule has 2 aromatic rings. The van der Waals surface area contributed by atoms with E-state index in [4.69, 9.17) is 23.2 Å². The fourth-order valence-electron chi connectivity index (χ4n) is 5.92. The molecule has 8 heteroatoms. The Kier molecular flexibility index (Phi) is 3.60. The van der Waals surface area contributed by atoms with Crippen molar-refractivity contribution in [2.45, 2.75) is 56.1 Å². The highest BCUT2D eigenvalue weighted by Gasteiger charge is 2.59. The van der Waals surface area contributed by atoms with Gasteiger partial charge in [0.2, 0.25) is 0 Å². The number of rotatable bonds is 4. The van der Waals surface area contributed by atoms with Gasteiger partial charge in [0.25, 0.3) is 0 Å². The molecule has 0 saturated heterocycles. The van der Waals surface area contributed by atoms with Crippen LogP contribution in [0.25, 0.3) is 0 Å². The molecule has 2 heterocycles. The smallest absolute Gasteiger partial charge is 0.162 e. The second kappa shape index (κ2) is 5.63. The first-order valence-corrected chi connectivity index (χ1v) is 9.60. The van der Waals surface area contributed by atoms with Gasteiger partial charge in [-0.3, -0.25) is 4.98 Å². The second-order valence-electron chi connectivity index (χ2n) is 8.13. The Hall–Kier alpha value is -1.24. The van der Waals surface area contributed by atoms with Gasteiger partial charge in [-0.15, -0.1) is 10.2 Å². The minimum Gasteiger partial charge on any atom is -0.307 e. The molecule has 0 aromatic carbocycles. The summed E-state index contributed by atoms with van der Waals surface area (Å²) in [6.45, 7) is 0.667. The van der Waals surface area contributed by atoms with Crippen molar-refractivity contribution in [3.8, 4) is 0 Å². The highest BCUT2D eigenvalue weighted by atomic mass is 35.5. The van der Waals surface area contributed by atoms with Crippen molar-refractivity contribution >= 4 is 23.2 Å². The van der Waals surface area contributed by atoms with Gasteiger partial charge in [-0.1, -0.05) is 23.2 Å².